The van der Waals surface area contributed by atoms with Crippen molar-refractivity contribution in [1.29, 1.82) is 0 Å². The second kappa shape index (κ2) is 6.25. The molecule has 0 spiro atoms. The molecule has 0 fully saturated rings. The molecule has 1 aromatic carbocycles. The normalized spacial score (nSPS) is 10.8. The highest BCUT2D eigenvalue weighted by Crippen LogP contribution is 2.26. The van der Waals surface area contributed by atoms with Crippen molar-refractivity contribution in [2.24, 2.45) is 0 Å². The summed E-state index contributed by atoms with van der Waals surface area (Å²) in [5, 5.41) is 13.8. The van der Waals surface area contributed by atoms with Gasteiger partial charge in [0, 0.05) is 11.1 Å². The van der Waals surface area contributed by atoms with Gasteiger partial charge in [-0.05, 0) is 30.3 Å². The number of hydrogen-bond donors (Lipinski definition) is 2. The molecule has 25 heavy (non-hydrogen) atoms. The number of furan rings is 1. The standard InChI is InChI=1S/C16H11ClN6O2/c17-10-3-1-4-11(7-10)23-13(14-5-2-6-25-14)8-12(22-23)15(24)20-16-18-9-19-21-16/h1-9H,(H2,18,19,20,21,24). The van der Waals surface area contributed by atoms with E-state index in [4.69, 9.17) is 16.0 Å². The van der Waals surface area contributed by atoms with E-state index in [0.717, 1.165) is 0 Å². The first-order valence-corrected chi connectivity index (χ1v) is 7.65. The number of amides is 1. The van der Waals surface area contributed by atoms with Gasteiger partial charge in [-0.15, -0.1) is 0 Å². The van der Waals surface area contributed by atoms with Crippen LogP contribution in [0.5, 0.6) is 0 Å². The van der Waals surface area contributed by atoms with Gasteiger partial charge in [0.05, 0.1) is 12.0 Å². The van der Waals surface area contributed by atoms with Crippen LogP contribution in [-0.2, 0) is 0 Å². The quantitative estimate of drug-likeness (QED) is 0.586. The van der Waals surface area contributed by atoms with Crippen molar-refractivity contribution in [3.8, 4) is 17.1 Å². The summed E-state index contributed by atoms with van der Waals surface area (Å²) in [6.45, 7) is 0. The molecule has 0 saturated carbocycles. The number of benzene rings is 1. The van der Waals surface area contributed by atoms with Crippen molar-refractivity contribution in [3.05, 3.63) is 65.8 Å². The Labute approximate surface area is 146 Å². The number of H-pyrrole nitrogens is 1. The summed E-state index contributed by atoms with van der Waals surface area (Å²) in [6, 6.07) is 12.3. The number of hydrogen-bond acceptors (Lipinski definition) is 5. The third-order valence-corrected chi connectivity index (χ3v) is 3.65. The van der Waals surface area contributed by atoms with E-state index in [2.05, 4.69) is 25.6 Å². The van der Waals surface area contributed by atoms with Crippen molar-refractivity contribution in [2.45, 2.75) is 0 Å². The summed E-state index contributed by atoms with van der Waals surface area (Å²) in [4.78, 5) is 16.3. The predicted octanol–water partition coefficient (Wildman–Crippen LogP) is 3.16. The van der Waals surface area contributed by atoms with Gasteiger partial charge in [0.15, 0.2) is 11.5 Å². The Morgan fingerprint density at radius 1 is 1.24 bits per heavy atom. The summed E-state index contributed by atoms with van der Waals surface area (Å²) in [6.07, 6.45) is 2.85. The SMILES string of the molecule is O=C(Nc1ncn[nH]1)c1cc(-c2ccco2)n(-c2cccc(Cl)c2)n1. The summed E-state index contributed by atoms with van der Waals surface area (Å²) >= 11 is 6.07. The molecule has 0 bridgehead atoms. The lowest BCUT2D eigenvalue weighted by atomic mass is 10.2. The van der Waals surface area contributed by atoms with Gasteiger partial charge >= 0.3 is 0 Å². The number of rotatable bonds is 4. The van der Waals surface area contributed by atoms with Crippen LogP contribution in [0, 0.1) is 0 Å². The average Bonchev–Trinajstić information content (AvgIpc) is 3.35. The van der Waals surface area contributed by atoms with Gasteiger partial charge in [0.1, 0.15) is 12.0 Å². The lowest BCUT2D eigenvalue weighted by Crippen LogP contribution is -2.14. The molecule has 4 rings (SSSR count). The van der Waals surface area contributed by atoms with Gasteiger partial charge in [0.2, 0.25) is 5.95 Å². The molecule has 4 aromatic rings. The number of halogens is 1. The molecule has 0 unspecified atom stereocenters. The lowest BCUT2D eigenvalue weighted by Gasteiger charge is -2.05. The zero-order chi connectivity index (χ0) is 17.2. The Morgan fingerprint density at radius 2 is 2.16 bits per heavy atom. The van der Waals surface area contributed by atoms with E-state index >= 15 is 0 Å². The maximum atomic E-state index is 12.4. The van der Waals surface area contributed by atoms with Gasteiger partial charge < -0.3 is 4.42 Å². The van der Waals surface area contributed by atoms with Crippen LogP contribution in [0.2, 0.25) is 5.02 Å². The van der Waals surface area contributed by atoms with Crippen LogP contribution >= 0.6 is 11.6 Å². The number of anilines is 1. The van der Waals surface area contributed by atoms with Gasteiger partial charge in [-0.1, -0.05) is 17.7 Å². The van der Waals surface area contributed by atoms with Crippen LogP contribution in [0.15, 0.2) is 59.5 Å². The number of carbonyl (C=O) groups is 1. The fraction of sp³-hybridized carbons (Fsp3) is 0. The van der Waals surface area contributed by atoms with Crippen LogP contribution in [0.3, 0.4) is 0 Å². The highest BCUT2D eigenvalue weighted by Gasteiger charge is 2.19. The minimum atomic E-state index is -0.426. The monoisotopic (exact) mass is 354 g/mol. The number of aromatic amines is 1. The second-order valence-electron chi connectivity index (χ2n) is 5.07. The second-order valence-corrected chi connectivity index (χ2v) is 5.51. The number of nitrogens with one attached hydrogen (secondary N) is 2. The third-order valence-electron chi connectivity index (χ3n) is 3.42. The van der Waals surface area contributed by atoms with Crippen molar-refractivity contribution in [2.75, 3.05) is 5.32 Å². The summed E-state index contributed by atoms with van der Waals surface area (Å²) < 4.78 is 7.05. The highest BCUT2D eigenvalue weighted by molar-refractivity contribution is 6.30. The first kappa shape index (κ1) is 15.2. The topological polar surface area (TPSA) is 102 Å². The lowest BCUT2D eigenvalue weighted by molar-refractivity contribution is 0.102. The minimum absolute atomic E-state index is 0.197. The number of nitrogens with zero attached hydrogens (tertiary/aromatic N) is 4. The minimum Gasteiger partial charge on any atom is -0.463 e. The Balaban J connectivity index is 1.77. The zero-order valence-electron chi connectivity index (χ0n) is 12.7. The van der Waals surface area contributed by atoms with E-state index in [1.165, 1.54) is 6.33 Å². The molecule has 9 heteroatoms. The maximum Gasteiger partial charge on any atom is 0.278 e. The van der Waals surface area contributed by atoms with E-state index < -0.39 is 5.91 Å². The maximum absolute atomic E-state index is 12.4. The molecule has 8 nitrogen and oxygen atoms in total. The molecule has 2 N–H and O–H groups in total. The van der Waals surface area contributed by atoms with Crippen molar-refractivity contribution < 1.29 is 9.21 Å². The molecule has 0 aliphatic heterocycles. The Bertz CT molecular complexity index is 1010. The van der Waals surface area contributed by atoms with Crippen molar-refractivity contribution in [3.63, 3.8) is 0 Å². The molecule has 0 saturated heterocycles. The first-order valence-electron chi connectivity index (χ1n) is 7.27. The van der Waals surface area contributed by atoms with E-state index in [-0.39, 0.29) is 11.6 Å². The molecule has 124 valence electrons. The number of aromatic nitrogens is 5. The van der Waals surface area contributed by atoms with Crippen molar-refractivity contribution >= 4 is 23.5 Å². The molecule has 0 radical (unpaired) electrons. The Morgan fingerprint density at radius 3 is 2.88 bits per heavy atom. The van der Waals surface area contributed by atoms with Crippen LogP contribution in [0.4, 0.5) is 5.95 Å². The van der Waals surface area contributed by atoms with Crippen LogP contribution in [-0.4, -0.2) is 30.9 Å². The van der Waals surface area contributed by atoms with Gasteiger partial charge in [0.25, 0.3) is 5.91 Å². The van der Waals surface area contributed by atoms with E-state index in [0.29, 0.717) is 22.2 Å². The molecule has 0 atom stereocenters. The van der Waals surface area contributed by atoms with Crippen molar-refractivity contribution in [1.82, 2.24) is 25.0 Å². The van der Waals surface area contributed by atoms with E-state index in [9.17, 15) is 4.79 Å². The largest absolute Gasteiger partial charge is 0.463 e. The summed E-state index contributed by atoms with van der Waals surface area (Å²) in [7, 11) is 0. The first-order chi connectivity index (χ1) is 12.2. The molecule has 3 aromatic heterocycles. The molecule has 1 amide bonds. The van der Waals surface area contributed by atoms with Crippen LogP contribution in [0.1, 0.15) is 10.5 Å². The third kappa shape index (κ3) is 3.02. The smallest absolute Gasteiger partial charge is 0.278 e. The van der Waals surface area contributed by atoms with Crippen LogP contribution in [0.25, 0.3) is 17.1 Å². The van der Waals surface area contributed by atoms with E-state index in [1.807, 2.05) is 6.07 Å². The van der Waals surface area contributed by atoms with Gasteiger partial charge in [-0.25, -0.2) is 9.78 Å². The Hall–Kier alpha value is -3.39. The van der Waals surface area contributed by atoms with Crippen LogP contribution < -0.4 is 5.32 Å². The summed E-state index contributed by atoms with van der Waals surface area (Å²) in [5.74, 6) is 0.387. The predicted molar refractivity (Wildman–Crippen MR) is 90.6 cm³/mol. The zero-order valence-corrected chi connectivity index (χ0v) is 13.4. The fourth-order valence-corrected chi connectivity index (χ4v) is 2.52. The van der Waals surface area contributed by atoms with E-state index in [1.54, 1.807) is 47.3 Å². The molecule has 0 aliphatic carbocycles. The summed E-state index contributed by atoms with van der Waals surface area (Å²) in [5.41, 5.74) is 1.52. The molecular weight excluding hydrogens is 344 g/mol. The molecule has 3 heterocycles. The van der Waals surface area contributed by atoms with Gasteiger partial charge in [-0.3, -0.25) is 10.1 Å². The highest BCUT2D eigenvalue weighted by atomic mass is 35.5. The Kier molecular flexibility index (Phi) is 3.79. The van der Waals surface area contributed by atoms with Gasteiger partial charge in [-0.2, -0.15) is 15.2 Å². The fourth-order valence-electron chi connectivity index (χ4n) is 2.33. The molecular formula is C16H11ClN6O2. The number of carbonyl (C=O) groups excluding carboxylic acids is 1. The average molecular weight is 355 g/mol. The molecule has 0 aliphatic rings.